The molecular formula is C14H13FN2O3. The summed E-state index contributed by atoms with van der Waals surface area (Å²) in [7, 11) is 0. The summed E-state index contributed by atoms with van der Waals surface area (Å²) in [5.74, 6) is 0.0523. The van der Waals surface area contributed by atoms with Crippen molar-refractivity contribution in [1.29, 1.82) is 0 Å². The third kappa shape index (κ3) is 3.03. The second-order valence-corrected chi connectivity index (χ2v) is 4.00. The lowest BCUT2D eigenvalue weighted by atomic mass is 10.2. The van der Waals surface area contributed by atoms with Crippen LogP contribution in [0.4, 0.5) is 15.8 Å². The molecule has 104 valence electrons. The summed E-state index contributed by atoms with van der Waals surface area (Å²) in [6, 6.07) is 10.1. The predicted molar refractivity (Wildman–Crippen MR) is 73.7 cm³/mol. The van der Waals surface area contributed by atoms with E-state index in [9.17, 15) is 14.5 Å². The molecule has 2 aromatic rings. The van der Waals surface area contributed by atoms with Crippen molar-refractivity contribution >= 4 is 11.4 Å². The summed E-state index contributed by atoms with van der Waals surface area (Å²) in [5, 5.41) is 14.1. The predicted octanol–water partition coefficient (Wildman–Crippen LogP) is 3.96. The molecule has 2 rings (SSSR count). The quantitative estimate of drug-likeness (QED) is 0.663. The Kier molecular flexibility index (Phi) is 4.14. The minimum Gasteiger partial charge on any atom is -0.450 e. The van der Waals surface area contributed by atoms with Gasteiger partial charge in [-0.15, -0.1) is 0 Å². The number of nitro benzene ring substituents is 1. The Morgan fingerprint density at radius 3 is 2.55 bits per heavy atom. The van der Waals surface area contributed by atoms with Crippen molar-refractivity contribution in [1.82, 2.24) is 0 Å². The van der Waals surface area contributed by atoms with Crippen LogP contribution < -0.4 is 10.1 Å². The van der Waals surface area contributed by atoms with Gasteiger partial charge in [0.1, 0.15) is 17.3 Å². The molecule has 0 radical (unpaired) electrons. The van der Waals surface area contributed by atoms with Gasteiger partial charge in [-0.1, -0.05) is 6.07 Å². The van der Waals surface area contributed by atoms with Crippen molar-refractivity contribution in [3.05, 3.63) is 58.4 Å². The number of hydrogen-bond donors (Lipinski definition) is 1. The van der Waals surface area contributed by atoms with Crippen molar-refractivity contribution in [2.45, 2.75) is 6.92 Å². The molecule has 0 unspecified atom stereocenters. The maximum Gasteiger partial charge on any atom is 0.334 e. The van der Waals surface area contributed by atoms with E-state index < -0.39 is 10.7 Å². The lowest BCUT2D eigenvalue weighted by Gasteiger charge is -2.10. The molecule has 0 aliphatic heterocycles. The fraction of sp³-hybridized carbons (Fsp3) is 0.143. The van der Waals surface area contributed by atoms with E-state index in [2.05, 4.69) is 5.32 Å². The van der Waals surface area contributed by atoms with Gasteiger partial charge in [-0.25, -0.2) is 4.39 Å². The van der Waals surface area contributed by atoms with Crippen molar-refractivity contribution in [3.8, 4) is 11.5 Å². The highest BCUT2D eigenvalue weighted by atomic mass is 19.1. The molecule has 1 N–H and O–H groups in total. The fourth-order valence-electron chi connectivity index (χ4n) is 1.76. The molecule has 20 heavy (non-hydrogen) atoms. The molecule has 6 heteroatoms. The van der Waals surface area contributed by atoms with Crippen LogP contribution >= 0.6 is 0 Å². The van der Waals surface area contributed by atoms with Crippen LogP contribution in [0, 0.1) is 15.9 Å². The van der Waals surface area contributed by atoms with Crippen molar-refractivity contribution in [2.75, 3.05) is 11.9 Å². The molecular weight excluding hydrogens is 263 g/mol. The van der Waals surface area contributed by atoms with Gasteiger partial charge in [0, 0.05) is 6.54 Å². The first-order chi connectivity index (χ1) is 9.61. The van der Waals surface area contributed by atoms with E-state index in [-0.39, 0.29) is 11.4 Å². The third-order valence-corrected chi connectivity index (χ3v) is 2.59. The lowest BCUT2D eigenvalue weighted by Crippen LogP contribution is -2.02. The monoisotopic (exact) mass is 276 g/mol. The summed E-state index contributed by atoms with van der Waals surface area (Å²) < 4.78 is 18.3. The molecule has 5 nitrogen and oxygen atoms in total. The van der Waals surface area contributed by atoms with Gasteiger partial charge in [0.05, 0.1) is 4.92 Å². The lowest BCUT2D eigenvalue weighted by molar-refractivity contribution is -0.384. The smallest absolute Gasteiger partial charge is 0.334 e. The number of para-hydroxylation sites is 1. The highest BCUT2D eigenvalue weighted by Gasteiger charge is 2.21. The topological polar surface area (TPSA) is 64.4 Å². The molecule has 0 fully saturated rings. The zero-order valence-corrected chi connectivity index (χ0v) is 10.8. The molecule has 0 aliphatic carbocycles. The van der Waals surface area contributed by atoms with Crippen LogP contribution in [0.2, 0.25) is 0 Å². The average molecular weight is 276 g/mol. The van der Waals surface area contributed by atoms with Crippen LogP contribution in [0.3, 0.4) is 0 Å². The summed E-state index contributed by atoms with van der Waals surface area (Å²) in [5.41, 5.74) is 0.246. The van der Waals surface area contributed by atoms with E-state index in [1.165, 1.54) is 30.3 Å². The van der Waals surface area contributed by atoms with Crippen LogP contribution in [-0.4, -0.2) is 11.5 Å². The molecule has 2 aromatic carbocycles. The van der Waals surface area contributed by atoms with Crippen LogP contribution in [-0.2, 0) is 0 Å². The van der Waals surface area contributed by atoms with E-state index in [4.69, 9.17) is 4.74 Å². The van der Waals surface area contributed by atoms with Crippen molar-refractivity contribution in [2.24, 2.45) is 0 Å². The molecule has 0 amide bonds. The molecule has 0 bridgehead atoms. The SMILES string of the molecule is CCNc1cccc(Oc2ccc(F)cc2)c1[N+](=O)[O-]. The Morgan fingerprint density at radius 1 is 1.25 bits per heavy atom. The maximum atomic E-state index is 12.8. The van der Waals surface area contributed by atoms with Crippen LogP contribution in [0.25, 0.3) is 0 Å². The zero-order chi connectivity index (χ0) is 14.5. The third-order valence-electron chi connectivity index (χ3n) is 2.59. The molecule has 0 aliphatic rings. The normalized spacial score (nSPS) is 10.1. The highest BCUT2D eigenvalue weighted by Crippen LogP contribution is 2.37. The molecule has 0 aromatic heterocycles. The van der Waals surface area contributed by atoms with E-state index in [1.54, 1.807) is 12.1 Å². The van der Waals surface area contributed by atoms with Gasteiger partial charge in [0.2, 0.25) is 5.75 Å². The summed E-state index contributed by atoms with van der Waals surface area (Å²) in [6.07, 6.45) is 0. The Balaban J connectivity index is 2.37. The number of benzene rings is 2. The molecule has 0 atom stereocenters. The van der Waals surface area contributed by atoms with E-state index in [1.807, 2.05) is 6.92 Å². The first-order valence-corrected chi connectivity index (χ1v) is 6.06. The van der Waals surface area contributed by atoms with Crippen molar-refractivity contribution in [3.63, 3.8) is 0 Å². The number of nitro groups is 1. The highest BCUT2D eigenvalue weighted by molar-refractivity contribution is 5.68. The van der Waals surface area contributed by atoms with E-state index in [0.29, 0.717) is 18.0 Å². The number of ether oxygens (including phenoxy) is 1. The number of anilines is 1. The van der Waals surface area contributed by atoms with E-state index >= 15 is 0 Å². The molecule has 0 saturated heterocycles. The Morgan fingerprint density at radius 2 is 1.95 bits per heavy atom. The van der Waals surface area contributed by atoms with Crippen LogP contribution in [0.15, 0.2) is 42.5 Å². The second-order valence-electron chi connectivity index (χ2n) is 4.00. The van der Waals surface area contributed by atoms with Crippen molar-refractivity contribution < 1.29 is 14.1 Å². The van der Waals surface area contributed by atoms with Gasteiger partial charge in [0.25, 0.3) is 0 Å². The van der Waals surface area contributed by atoms with Gasteiger partial charge < -0.3 is 10.1 Å². The fourth-order valence-corrected chi connectivity index (χ4v) is 1.76. The van der Waals surface area contributed by atoms with Crippen LogP contribution in [0.5, 0.6) is 11.5 Å². The number of nitrogens with one attached hydrogen (secondary N) is 1. The number of nitrogens with zero attached hydrogens (tertiary/aromatic N) is 1. The molecule has 0 saturated carbocycles. The molecule has 0 heterocycles. The number of hydrogen-bond acceptors (Lipinski definition) is 4. The van der Waals surface area contributed by atoms with Crippen LogP contribution in [0.1, 0.15) is 6.92 Å². The van der Waals surface area contributed by atoms with Gasteiger partial charge in [0.15, 0.2) is 0 Å². The summed E-state index contributed by atoms with van der Waals surface area (Å²) >= 11 is 0. The minimum absolute atomic E-state index is 0.111. The van der Waals surface area contributed by atoms with Gasteiger partial charge >= 0.3 is 5.69 Å². The Labute approximate surface area is 115 Å². The summed E-state index contributed by atoms with van der Waals surface area (Å²) in [4.78, 5) is 10.7. The van der Waals surface area contributed by atoms with Gasteiger partial charge in [-0.05, 0) is 43.3 Å². The van der Waals surface area contributed by atoms with Gasteiger partial charge in [-0.3, -0.25) is 10.1 Å². The Bertz CT molecular complexity index is 614. The first-order valence-electron chi connectivity index (χ1n) is 6.06. The Hall–Kier alpha value is -2.63. The first kappa shape index (κ1) is 13.8. The standard InChI is InChI=1S/C14H13FN2O3/c1-2-16-12-4-3-5-13(14(12)17(18)19)20-11-8-6-10(15)7-9-11/h3-9,16H,2H2,1H3. The zero-order valence-electron chi connectivity index (χ0n) is 10.8. The maximum absolute atomic E-state index is 12.8. The van der Waals surface area contributed by atoms with E-state index in [0.717, 1.165) is 0 Å². The summed E-state index contributed by atoms with van der Waals surface area (Å²) in [6.45, 7) is 2.40. The average Bonchev–Trinajstić information content (AvgIpc) is 2.41. The second kappa shape index (κ2) is 6.01. The van der Waals surface area contributed by atoms with Gasteiger partial charge in [-0.2, -0.15) is 0 Å². The minimum atomic E-state index is -0.503. The number of halogens is 1. The molecule has 0 spiro atoms. The number of rotatable bonds is 5. The largest absolute Gasteiger partial charge is 0.450 e.